The summed E-state index contributed by atoms with van der Waals surface area (Å²) in [6.07, 6.45) is 0.260. The Bertz CT molecular complexity index is 525. The van der Waals surface area contributed by atoms with Crippen molar-refractivity contribution in [2.24, 2.45) is 0 Å². The summed E-state index contributed by atoms with van der Waals surface area (Å²) in [7, 11) is 0. The maximum Gasteiger partial charge on any atom is 0.129 e. The molecule has 0 N–H and O–H groups in total. The van der Waals surface area contributed by atoms with Gasteiger partial charge in [0.25, 0.3) is 0 Å². The summed E-state index contributed by atoms with van der Waals surface area (Å²) in [6, 6.07) is 9.45. The molecule has 3 nitrogen and oxygen atoms in total. The molecule has 1 atom stereocenters. The molecule has 2 aromatic rings. The lowest BCUT2D eigenvalue weighted by Gasteiger charge is -2.07. The lowest BCUT2D eigenvalue weighted by molar-refractivity contribution is 0.265. The highest BCUT2D eigenvalue weighted by Crippen LogP contribution is 2.26. The van der Waals surface area contributed by atoms with Crippen molar-refractivity contribution >= 4 is 22.5 Å². The monoisotopic (exact) mass is 235 g/mol. The highest BCUT2D eigenvalue weighted by atomic mass is 35.5. The van der Waals surface area contributed by atoms with Crippen LogP contribution in [-0.4, -0.2) is 24.3 Å². The highest BCUT2D eigenvalue weighted by Gasteiger charge is 2.23. The molecule has 3 rings (SSSR count). The first kappa shape index (κ1) is 9.87. The number of fused-ring (bicyclic) bond motifs is 1. The smallest absolute Gasteiger partial charge is 0.129 e. The lowest BCUT2D eigenvalue weighted by atomic mass is 10.2. The average Bonchev–Trinajstić information content (AvgIpc) is 3.09. The predicted molar refractivity (Wildman–Crippen MR) is 62.0 cm³/mol. The number of rotatable bonds is 3. The molecular formula is C12H10ClNO2. The van der Waals surface area contributed by atoms with E-state index < -0.39 is 0 Å². The lowest BCUT2D eigenvalue weighted by Crippen LogP contribution is -2.04. The molecule has 0 amide bonds. The van der Waals surface area contributed by atoms with Crippen molar-refractivity contribution in [1.82, 2.24) is 4.98 Å². The van der Waals surface area contributed by atoms with Gasteiger partial charge in [-0.15, -0.1) is 0 Å². The van der Waals surface area contributed by atoms with Crippen molar-refractivity contribution in [3.8, 4) is 5.75 Å². The number of hydrogen-bond donors (Lipinski definition) is 0. The van der Waals surface area contributed by atoms with Crippen LogP contribution in [0.5, 0.6) is 5.75 Å². The number of epoxide rings is 1. The van der Waals surface area contributed by atoms with E-state index in [1.807, 2.05) is 24.3 Å². The SMILES string of the molecule is Clc1ccc2c(OCC3CO3)cccc2n1. The van der Waals surface area contributed by atoms with E-state index in [9.17, 15) is 0 Å². The minimum Gasteiger partial charge on any atom is -0.490 e. The standard InChI is InChI=1S/C12H10ClNO2/c13-12-5-4-9-10(14-12)2-1-3-11(9)16-7-8-6-15-8/h1-5,8H,6-7H2. The van der Waals surface area contributed by atoms with E-state index in [1.54, 1.807) is 6.07 Å². The van der Waals surface area contributed by atoms with Crippen LogP contribution in [0.2, 0.25) is 5.15 Å². The molecule has 2 heterocycles. The van der Waals surface area contributed by atoms with Crippen LogP contribution in [0.25, 0.3) is 10.9 Å². The van der Waals surface area contributed by atoms with E-state index >= 15 is 0 Å². The summed E-state index contributed by atoms with van der Waals surface area (Å²) in [5.74, 6) is 0.831. The van der Waals surface area contributed by atoms with Gasteiger partial charge in [-0.3, -0.25) is 0 Å². The third-order valence-corrected chi connectivity index (χ3v) is 2.70. The van der Waals surface area contributed by atoms with Crippen molar-refractivity contribution in [3.05, 3.63) is 35.5 Å². The van der Waals surface area contributed by atoms with Gasteiger partial charge in [-0.05, 0) is 24.3 Å². The molecule has 1 aliphatic rings. The number of halogens is 1. The first-order valence-electron chi connectivity index (χ1n) is 5.12. The molecular weight excluding hydrogens is 226 g/mol. The number of benzene rings is 1. The molecule has 82 valence electrons. The van der Waals surface area contributed by atoms with Crippen LogP contribution < -0.4 is 4.74 Å². The van der Waals surface area contributed by atoms with Gasteiger partial charge in [0.2, 0.25) is 0 Å². The molecule has 1 aromatic heterocycles. The number of pyridine rings is 1. The second kappa shape index (κ2) is 3.92. The van der Waals surface area contributed by atoms with Crippen molar-refractivity contribution in [2.45, 2.75) is 6.10 Å². The Kier molecular flexibility index (Phi) is 2.42. The van der Waals surface area contributed by atoms with Crippen LogP contribution in [0.1, 0.15) is 0 Å². The molecule has 0 radical (unpaired) electrons. The van der Waals surface area contributed by atoms with Crippen molar-refractivity contribution in [3.63, 3.8) is 0 Å². The van der Waals surface area contributed by atoms with Gasteiger partial charge >= 0.3 is 0 Å². The van der Waals surface area contributed by atoms with Gasteiger partial charge in [-0.25, -0.2) is 4.98 Å². The van der Waals surface area contributed by atoms with E-state index in [0.717, 1.165) is 23.3 Å². The maximum absolute atomic E-state index is 5.84. The first-order valence-corrected chi connectivity index (χ1v) is 5.50. The largest absolute Gasteiger partial charge is 0.490 e. The van der Waals surface area contributed by atoms with E-state index in [2.05, 4.69) is 4.98 Å². The zero-order chi connectivity index (χ0) is 11.0. The normalized spacial score (nSPS) is 18.7. The Hall–Kier alpha value is -1.32. The van der Waals surface area contributed by atoms with Crippen LogP contribution in [0.15, 0.2) is 30.3 Å². The molecule has 0 saturated carbocycles. The summed E-state index contributed by atoms with van der Waals surface area (Å²) in [5.41, 5.74) is 0.849. The Morgan fingerprint density at radius 1 is 1.38 bits per heavy atom. The molecule has 1 fully saturated rings. The molecule has 4 heteroatoms. The van der Waals surface area contributed by atoms with Gasteiger partial charge in [-0.2, -0.15) is 0 Å². The molecule has 1 aliphatic heterocycles. The molecule has 0 bridgehead atoms. The van der Waals surface area contributed by atoms with E-state index in [1.165, 1.54) is 0 Å². The maximum atomic E-state index is 5.84. The Morgan fingerprint density at radius 3 is 3.06 bits per heavy atom. The topological polar surface area (TPSA) is 34.6 Å². The van der Waals surface area contributed by atoms with Crippen LogP contribution in [0.3, 0.4) is 0 Å². The van der Waals surface area contributed by atoms with Crippen LogP contribution >= 0.6 is 11.6 Å². The third kappa shape index (κ3) is 1.96. The Balaban J connectivity index is 1.95. The number of nitrogens with zero attached hydrogens (tertiary/aromatic N) is 1. The molecule has 0 spiro atoms. The van der Waals surface area contributed by atoms with Gasteiger partial charge in [0, 0.05) is 5.39 Å². The van der Waals surface area contributed by atoms with Gasteiger partial charge in [-0.1, -0.05) is 17.7 Å². The highest BCUT2D eigenvalue weighted by molar-refractivity contribution is 6.29. The number of ether oxygens (including phenoxy) is 2. The molecule has 1 aromatic carbocycles. The minimum absolute atomic E-state index is 0.260. The molecule has 0 aliphatic carbocycles. The van der Waals surface area contributed by atoms with Crippen molar-refractivity contribution in [2.75, 3.05) is 13.2 Å². The predicted octanol–water partition coefficient (Wildman–Crippen LogP) is 2.67. The minimum atomic E-state index is 0.260. The van der Waals surface area contributed by atoms with Gasteiger partial charge in [0.1, 0.15) is 23.6 Å². The average molecular weight is 236 g/mol. The molecule has 1 unspecified atom stereocenters. The van der Waals surface area contributed by atoms with E-state index in [0.29, 0.717) is 11.8 Å². The summed E-state index contributed by atoms with van der Waals surface area (Å²) in [5, 5.41) is 1.47. The molecule has 1 saturated heterocycles. The zero-order valence-corrected chi connectivity index (χ0v) is 9.28. The fraction of sp³-hybridized carbons (Fsp3) is 0.250. The summed E-state index contributed by atoms with van der Waals surface area (Å²) >= 11 is 5.84. The summed E-state index contributed by atoms with van der Waals surface area (Å²) in [4.78, 5) is 4.23. The van der Waals surface area contributed by atoms with Gasteiger partial charge < -0.3 is 9.47 Å². The van der Waals surface area contributed by atoms with E-state index in [4.69, 9.17) is 21.1 Å². The van der Waals surface area contributed by atoms with Crippen molar-refractivity contribution in [1.29, 1.82) is 0 Å². The quantitative estimate of drug-likeness (QED) is 0.606. The van der Waals surface area contributed by atoms with Crippen LogP contribution in [-0.2, 0) is 4.74 Å². The van der Waals surface area contributed by atoms with Crippen molar-refractivity contribution < 1.29 is 9.47 Å². The Morgan fingerprint density at radius 2 is 2.25 bits per heavy atom. The Labute approximate surface area is 98.0 Å². The second-order valence-electron chi connectivity index (χ2n) is 3.72. The summed E-state index contributed by atoms with van der Waals surface area (Å²) < 4.78 is 10.8. The summed E-state index contributed by atoms with van der Waals surface area (Å²) in [6.45, 7) is 1.40. The van der Waals surface area contributed by atoms with Gasteiger partial charge in [0.05, 0.1) is 12.1 Å². The van der Waals surface area contributed by atoms with Gasteiger partial charge in [0.15, 0.2) is 0 Å². The van der Waals surface area contributed by atoms with E-state index in [-0.39, 0.29) is 6.10 Å². The van der Waals surface area contributed by atoms with Crippen LogP contribution in [0, 0.1) is 0 Å². The second-order valence-corrected chi connectivity index (χ2v) is 4.11. The molecule has 16 heavy (non-hydrogen) atoms. The van der Waals surface area contributed by atoms with Crippen LogP contribution in [0.4, 0.5) is 0 Å². The fourth-order valence-corrected chi connectivity index (χ4v) is 1.73. The number of hydrogen-bond acceptors (Lipinski definition) is 3. The number of aromatic nitrogens is 1. The third-order valence-electron chi connectivity index (χ3n) is 2.48. The first-order chi connectivity index (χ1) is 7.83. The zero-order valence-electron chi connectivity index (χ0n) is 8.52. The fourth-order valence-electron chi connectivity index (χ4n) is 1.57.